The second kappa shape index (κ2) is 9.17. The fourth-order valence-corrected chi connectivity index (χ4v) is 4.58. The number of rotatable bonds is 5. The molecule has 1 fully saturated rings. The van der Waals surface area contributed by atoms with Crippen LogP contribution in [-0.4, -0.2) is 46.0 Å². The summed E-state index contributed by atoms with van der Waals surface area (Å²) in [6, 6.07) is 11.6. The van der Waals surface area contributed by atoms with E-state index < -0.39 is 17.6 Å². The Morgan fingerprint density at radius 2 is 1.85 bits per heavy atom. The van der Waals surface area contributed by atoms with E-state index in [1.54, 1.807) is 17.6 Å². The van der Waals surface area contributed by atoms with Gasteiger partial charge in [0.1, 0.15) is 5.82 Å². The molecule has 8 heteroatoms. The predicted molar refractivity (Wildman–Crippen MR) is 123 cm³/mol. The number of alkyl halides is 3. The Bertz CT molecular complexity index is 1140. The average molecular weight is 459 g/mol. The monoisotopic (exact) mass is 458 g/mol. The molecule has 1 aliphatic heterocycles. The Labute approximate surface area is 191 Å². The molecule has 1 aromatic heterocycles. The van der Waals surface area contributed by atoms with Gasteiger partial charge in [-0.2, -0.15) is 13.2 Å². The Morgan fingerprint density at radius 1 is 1.15 bits per heavy atom. The zero-order valence-electron chi connectivity index (χ0n) is 19.1. The fourth-order valence-electron chi connectivity index (χ4n) is 4.58. The first kappa shape index (κ1) is 23.3. The van der Waals surface area contributed by atoms with Crippen molar-refractivity contribution in [2.45, 2.75) is 45.8 Å². The number of carbonyl (C=O) groups excluding carboxylic acids is 1. The molecule has 0 saturated carbocycles. The van der Waals surface area contributed by atoms with Crippen molar-refractivity contribution in [2.75, 3.05) is 19.6 Å². The minimum Gasteiger partial charge on any atom is -0.352 e. The summed E-state index contributed by atoms with van der Waals surface area (Å²) >= 11 is 0. The number of benzene rings is 2. The Morgan fingerprint density at radius 3 is 2.52 bits per heavy atom. The molecule has 5 nitrogen and oxygen atoms in total. The number of fused-ring (bicyclic) bond motifs is 1. The number of likely N-dealkylation sites (tertiary alicyclic amines) is 1. The van der Waals surface area contributed by atoms with Gasteiger partial charge in [0, 0.05) is 18.3 Å². The average Bonchev–Trinajstić information content (AvgIpc) is 3.12. The van der Waals surface area contributed by atoms with Crippen LogP contribution in [0.15, 0.2) is 42.5 Å². The van der Waals surface area contributed by atoms with E-state index in [-0.39, 0.29) is 11.5 Å². The maximum Gasteiger partial charge on any atom is 0.417 e. The molecule has 0 radical (unpaired) electrons. The van der Waals surface area contributed by atoms with E-state index in [4.69, 9.17) is 0 Å². The van der Waals surface area contributed by atoms with Crippen molar-refractivity contribution < 1.29 is 18.0 Å². The summed E-state index contributed by atoms with van der Waals surface area (Å²) in [5.74, 6) is 0.166. The molecule has 1 N–H and O–H groups in total. The molecule has 176 valence electrons. The molecule has 1 saturated heterocycles. The molecule has 4 rings (SSSR count). The van der Waals surface area contributed by atoms with Gasteiger partial charge >= 0.3 is 6.18 Å². The maximum atomic E-state index is 13.9. The van der Waals surface area contributed by atoms with Gasteiger partial charge in [0.15, 0.2) is 0 Å². The lowest BCUT2D eigenvalue weighted by Crippen LogP contribution is -2.41. The third-order valence-corrected chi connectivity index (χ3v) is 6.47. The number of nitrogens with one attached hydrogen (secondary N) is 1. The van der Waals surface area contributed by atoms with Gasteiger partial charge in [0.25, 0.3) is 5.91 Å². The van der Waals surface area contributed by atoms with Gasteiger partial charge in [0.05, 0.1) is 22.2 Å². The summed E-state index contributed by atoms with van der Waals surface area (Å²) in [6.45, 7) is 8.32. The molecule has 0 unspecified atom stereocenters. The van der Waals surface area contributed by atoms with E-state index >= 15 is 0 Å². The van der Waals surface area contributed by atoms with E-state index in [0.29, 0.717) is 35.1 Å². The molecule has 0 spiro atoms. The molecule has 33 heavy (non-hydrogen) atoms. The van der Waals surface area contributed by atoms with Gasteiger partial charge < -0.3 is 10.2 Å². The summed E-state index contributed by atoms with van der Waals surface area (Å²) in [5.41, 5.74) is 0.449. The van der Waals surface area contributed by atoms with Crippen molar-refractivity contribution in [3.63, 3.8) is 0 Å². The highest BCUT2D eigenvalue weighted by Gasteiger charge is 2.36. The van der Waals surface area contributed by atoms with Crippen molar-refractivity contribution in [3.8, 4) is 5.69 Å². The number of hydrogen-bond donors (Lipinski definition) is 1. The minimum absolute atomic E-state index is 0.275. The van der Waals surface area contributed by atoms with Gasteiger partial charge in [-0.1, -0.05) is 12.1 Å². The van der Waals surface area contributed by atoms with Crippen LogP contribution >= 0.6 is 0 Å². The highest BCUT2D eigenvalue weighted by molar-refractivity contribution is 5.96. The summed E-state index contributed by atoms with van der Waals surface area (Å²) in [5, 5.41) is 2.74. The van der Waals surface area contributed by atoms with Crippen LogP contribution in [0.3, 0.4) is 0 Å². The van der Waals surface area contributed by atoms with Crippen LogP contribution in [0.1, 0.15) is 48.4 Å². The summed E-state index contributed by atoms with van der Waals surface area (Å²) in [4.78, 5) is 19.6. The van der Waals surface area contributed by atoms with Crippen LogP contribution in [0.5, 0.6) is 0 Å². The molecule has 1 aliphatic rings. The molecular formula is C25H29F3N4O. The SMILES string of the molecule is Cc1nc2ccccc2n1-c1ccc(C(=O)NCC2CCN(C(C)C)CC2)c(C(F)(F)F)c1. The molecule has 0 atom stereocenters. The zero-order valence-corrected chi connectivity index (χ0v) is 19.1. The smallest absolute Gasteiger partial charge is 0.352 e. The number of aryl methyl sites for hydroxylation is 1. The second-order valence-corrected chi connectivity index (χ2v) is 8.99. The number of halogens is 3. The molecule has 2 aromatic carbocycles. The fraction of sp³-hybridized carbons (Fsp3) is 0.440. The lowest BCUT2D eigenvalue weighted by molar-refractivity contribution is -0.137. The van der Waals surface area contributed by atoms with E-state index in [1.165, 1.54) is 6.07 Å². The molecule has 0 aliphatic carbocycles. The predicted octanol–water partition coefficient (Wildman–Crippen LogP) is 5.20. The van der Waals surface area contributed by atoms with Gasteiger partial charge in [-0.25, -0.2) is 4.98 Å². The van der Waals surface area contributed by atoms with Crippen molar-refractivity contribution in [1.82, 2.24) is 19.8 Å². The molecule has 0 bridgehead atoms. The lowest BCUT2D eigenvalue weighted by atomic mass is 9.95. The molecule has 3 aromatic rings. The highest BCUT2D eigenvalue weighted by Crippen LogP contribution is 2.34. The third-order valence-electron chi connectivity index (χ3n) is 6.47. The van der Waals surface area contributed by atoms with Crippen LogP contribution < -0.4 is 5.32 Å². The number of para-hydroxylation sites is 2. The van der Waals surface area contributed by atoms with E-state index in [1.807, 2.05) is 24.3 Å². The Kier molecular flexibility index (Phi) is 6.47. The first-order valence-corrected chi connectivity index (χ1v) is 11.3. The first-order chi connectivity index (χ1) is 15.6. The normalized spacial score (nSPS) is 16.0. The molecule has 2 heterocycles. The van der Waals surface area contributed by atoms with E-state index in [9.17, 15) is 18.0 Å². The van der Waals surface area contributed by atoms with Crippen molar-refractivity contribution in [2.24, 2.45) is 5.92 Å². The van der Waals surface area contributed by atoms with Crippen molar-refractivity contribution >= 4 is 16.9 Å². The summed E-state index contributed by atoms with van der Waals surface area (Å²) < 4.78 is 43.5. The van der Waals surface area contributed by atoms with Gasteiger partial charge in [0.2, 0.25) is 0 Å². The Hall–Kier alpha value is -2.87. The number of imidazole rings is 1. The van der Waals surface area contributed by atoms with Gasteiger partial charge in [-0.05, 0) is 83.0 Å². The summed E-state index contributed by atoms with van der Waals surface area (Å²) in [6.07, 6.45) is -2.80. The van der Waals surface area contributed by atoms with Gasteiger partial charge in [-0.3, -0.25) is 9.36 Å². The number of amides is 1. The maximum absolute atomic E-state index is 13.9. The van der Waals surface area contributed by atoms with Crippen LogP contribution in [0.25, 0.3) is 16.7 Å². The standard InChI is InChI=1S/C25H29F3N4O/c1-16(2)31-12-10-18(11-13-31)15-29-24(33)20-9-8-19(14-21(20)25(26,27)28)32-17(3)30-22-6-4-5-7-23(22)32/h4-9,14,16,18H,10-13,15H2,1-3H3,(H,29,33). The van der Waals surface area contributed by atoms with Crippen molar-refractivity contribution in [3.05, 3.63) is 59.4 Å². The third kappa shape index (κ3) is 4.90. The number of aromatic nitrogens is 2. The largest absolute Gasteiger partial charge is 0.417 e. The molecular weight excluding hydrogens is 429 g/mol. The highest BCUT2D eigenvalue weighted by atomic mass is 19.4. The number of piperidine rings is 1. The van der Waals surface area contributed by atoms with Gasteiger partial charge in [-0.15, -0.1) is 0 Å². The van der Waals surface area contributed by atoms with E-state index in [0.717, 1.165) is 32.0 Å². The number of carbonyl (C=O) groups is 1. The summed E-state index contributed by atoms with van der Waals surface area (Å²) in [7, 11) is 0. The quantitative estimate of drug-likeness (QED) is 0.572. The number of hydrogen-bond acceptors (Lipinski definition) is 3. The van der Waals surface area contributed by atoms with Crippen LogP contribution in [0.4, 0.5) is 13.2 Å². The second-order valence-electron chi connectivity index (χ2n) is 8.99. The first-order valence-electron chi connectivity index (χ1n) is 11.3. The topological polar surface area (TPSA) is 50.2 Å². The zero-order chi connectivity index (χ0) is 23.8. The van der Waals surface area contributed by atoms with E-state index in [2.05, 4.69) is 29.0 Å². The lowest BCUT2D eigenvalue weighted by Gasteiger charge is -2.34. The molecule has 1 amide bonds. The Balaban J connectivity index is 1.56. The minimum atomic E-state index is -4.66. The van der Waals surface area contributed by atoms with Crippen LogP contribution in [0, 0.1) is 12.8 Å². The number of nitrogens with zero attached hydrogens (tertiary/aromatic N) is 3. The van der Waals surface area contributed by atoms with Crippen LogP contribution in [-0.2, 0) is 6.18 Å². The van der Waals surface area contributed by atoms with Crippen LogP contribution in [0.2, 0.25) is 0 Å². The van der Waals surface area contributed by atoms with Crippen molar-refractivity contribution in [1.29, 1.82) is 0 Å².